The maximum atomic E-state index is 12.5. The van der Waals surface area contributed by atoms with Crippen LogP contribution in [0.2, 0.25) is 5.02 Å². The lowest BCUT2D eigenvalue weighted by Gasteiger charge is -2.26. The smallest absolute Gasteiger partial charge is 0.348 e. The molecule has 0 atom stereocenters. The van der Waals surface area contributed by atoms with Crippen molar-refractivity contribution >= 4 is 45.0 Å². The molecule has 3 aromatic rings. The Morgan fingerprint density at radius 1 is 1.21 bits per heavy atom. The number of fused-ring (bicyclic) bond motifs is 1. The zero-order valence-corrected chi connectivity index (χ0v) is 17.1. The first-order valence-corrected chi connectivity index (χ1v) is 10.4. The summed E-state index contributed by atoms with van der Waals surface area (Å²) < 4.78 is 7.05. The second-order valence-electron chi connectivity index (χ2n) is 6.82. The number of nitrogens with zero attached hydrogens (tertiary/aromatic N) is 3. The number of aromatic nitrogens is 2. The summed E-state index contributed by atoms with van der Waals surface area (Å²) in [7, 11) is 0. The molecule has 0 unspecified atom stereocenters. The Balaban J connectivity index is 1.52. The highest BCUT2D eigenvalue weighted by Gasteiger charge is 2.21. The Morgan fingerprint density at radius 2 is 2.00 bits per heavy atom. The number of esters is 1. The zero-order valence-electron chi connectivity index (χ0n) is 15.5. The SMILES string of the molecule is Cc1nn(-c2cccc(Cl)c2)c2sc(C(=O)OCC(=O)N3CCCCC3)cc12. The number of aryl methyl sites for hydroxylation is 1. The number of ether oxygens (including phenoxy) is 1. The number of carbonyl (C=O) groups is 2. The number of rotatable bonds is 4. The van der Waals surface area contributed by atoms with Crippen LogP contribution in [0.5, 0.6) is 0 Å². The fourth-order valence-electron chi connectivity index (χ4n) is 3.36. The summed E-state index contributed by atoms with van der Waals surface area (Å²) in [5, 5.41) is 6.06. The van der Waals surface area contributed by atoms with Gasteiger partial charge in [-0.15, -0.1) is 11.3 Å². The summed E-state index contributed by atoms with van der Waals surface area (Å²) in [5.41, 5.74) is 1.64. The van der Waals surface area contributed by atoms with Gasteiger partial charge in [-0.25, -0.2) is 9.48 Å². The van der Waals surface area contributed by atoms with Gasteiger partial charge in [0.1, 0.15) is 9.71 Å². The van der Waals surface area contributed by atoms with Crippen molar-refractivity contribution in [2.75, 3.05) is 19.7 Å². The van der Waals surface area contributed by atoms with Gasteiger partial charge in [-0.2, -0.15) is 5.10 Å². The number of thiophene rings is 1. The fraction of sp³-hybridized carbons (Fsp3) is 0.350. The monoisotopic (exact) mass is 417 g/mol. The highest BCUT2D eigenvalue weighted by atomic mass is 35.5. The Labute approximate surface area is 171 Å². The molecule has 8 heteroatoms. The number of hydrogen-bond acceptors (Lipinski definition) is 5. The van der Waals surface area contributed by atoms with E-state index < -0.39 is 5.97 Å². The average molecular weight is 418 g/mol. The van der Waals surface area contributed by atoms with Crippen molar-refractivity contribution in [1.82, 2.24) is 14.7 Å². The van der Waals surface area contributed by atoms with Crippen LogP contribution in [0.25, 0.3) is 15.9 Å². The summed E-state index contributed by atoms with van der Waals surface area (Å²) >= 11 is 7.39. The highest BCUT2D eigenvalue weighted by molar-refractivity contribution is 7.20. The van der Waals surface area contributed by atoms with E-state index in [4.69, 9.17) is 16.3 Å². The van der Waals surface area contributed by atoms with Crippen LogP contribution in [-0.4, -0.2) is 46.3 Å². The second-order valence-corrected chi connectivity index (χ2v) is 8.29. The number of piperidine rings is 1. The number of hydrogen-bond donors (Lipinski definition) is 0. The number of carbonyl (C=O) groups excluding carboxylic acids is 2. The number of benzene rings is 1. The molecule has 146 valence electrons. The molecule has 1 aromatic carbocycles. The molecule has 0 aliphatic carbocycles. The van der Waals surface area contributed by atoms with Crippen LogP contribution in [0.3, 0.4) is 0 Å². The van der Waals surface area contributed by atoms with Crippen molar-refractivity contribution in [3.63, 3.8) is 0 Å². The minimum absolute atomic E-state index is 0.129. The van der Waals surface area contributed by atoms with E-state index in [0.29, 0.717) is 9.90 Å². The molecule has 0 spiro atoms. The van der Waals surface area contributed by atoms with Crippen molar-refractivity contribution in [2.24, 2.45) is 0 Å². The number of halogens is 1. The van der Waals surface area contributed by atoms with Crippen LogP contribution in [0.1, 0.15) is 34.6 Å². The van der Waals surface area contributed by atoms with E-state index in [1.165, 1.54) is 11.3 Å². The van der Waals surface area contributed by atoms with Crippen LogP contribution < -0.4 is 0 Å². The van der Waals surface area contributed by atoms with Gasteiger partial charge >= 0.3 is 5.97 Å². The van der Waals surface area contributed by atoms with Crippen molar-refractivity contribution in [3.05, 3.63) is 45.9 Å². The van der Waals surface area contributed by atoms with E-state index in [1.54, 1.807) is 21.7 Å². The normalized spacial score (nSPS) is 14.4. The summed E-state index contributed by atoms with van der Waals surface area (Å²) in [4.78, 5) is 27.8. The van der Waals surface area contributed by atoms with Crippen LogP contribution in [0.4, 0.5) is 0 Å². The summed E-state index contributed by atoms with van der Waals surface area (Å²) in [6, 6.07) is 9.16. The standard InChI is InChI=1S/C20H20ClN3O3S/c1-13-16-11-17(20(26)27-12-18(25)23-8-3-2-4-9-23)28-19(16)24(22-13)15-7-5-6-14(21)10-15/h5-7,10-11H,2-4,8-9,12H2,1H3. The lowest BCUT2D eigenvalue weighted by atomic mass is 10.1. The number of amides is 1. The van der Waals surface area contributed by atoms with Crippen LogP contribution in [-0.2, 0) is 9.53 Å². The molecular weight excluding hydrogens is 398 g/mol. The van der Waals surface area contributed by atoms with Gasteiger partial charge in [0, 0.05) is 23.5 Å². The van der Waals surface area contributed by atoms with Gasteiger partial charge in [0.15, 0.2) is 6.61 Å². The van der Waals surface area contributed by atoms with Gasteiger partial charge in [-0.3, -0.25) is 4.79 Å². The van der Waals surface area contributed by atoms with E-state index in [1.807, 2.05) is 25.1 Å². The molecule has 0 saturated carbocycles. The molecule has 28 heavy (non-hydrogen) atoms. The zero-order chi connectivity index (χ0) is 19.7. The summed E-state index contributed by atoms with van der Waals surface area (Å²) in [6.07, 6.45) is 3.17. The van der Waals surface area contributed by atoms with E-state index in [9.17, 15) is 9.59 Å². The van der Waals surface area contributed by atoms with Gasteiger partial charge in [0.2, 0.25) is 0 Å². The lowest BCUT2D eigenvalue weighted by Crippen LogP contribution is -2.38. The van der Waals surface area contributed by atoms with E-state index in [0.717, 1.165) is 53.9 Å². The largest absolute Gasteiger partial charge is 0.451 e. The molecule has 4 rings (SSSR count). The van der Waals surface area contributed by atoms with Crippen molar-refractivity contribution in [1.29, 1.82) is 0 Å². The topological polar surface area (TPSA) is 64.4 Å². The van der Waals surface area contributed by atoms with Gasteiger partial charge < -0.3 is 9.64 Å². The minimum atomic E-state index is -0.483. The molecule has 1 aliphatic rings. The summed E-state index contributed by atoms with van der Waals surface area (Å²) in [6.45, 7) is 3.17. The predicted octanol–water partition coefficient (Wildman–Crippen LogP) is 4.22. The Bertz CT molecular complexity index is 1040. The first-order valence-electron chi connectivity index (χ1n) is 9.23. The average Bonchev–Trinajstić information content (AvgIpc) is 3.27. The molecule has 6 nitrogen and oxygen atoms in total. The quantitative estimate of drug-likeness (QED) is 0.596. The van der Waals surface area contributed by atoms with Crippen molar-refractivity contribution in [2.45, 2.75) is 26.2 Å². The van der Waals surface area contributed by atoms with Gasteiger partial charge in [0.25, 0.3) is 5.91 Å². The predicted molar refractivity (Wildman–Crippen MR) is 109 cm³/mol. The van der Waals surface area contributed by atoms with E-state index in [-0.39, 0.29) is 12.5 Å². The molecule has 1 aliphatic heterocycles. The first kappa shape index (κ1) is 19.0. The highest BCUT2D eigenvalue weighted by Crippen LogP contribution is 2.31. The minimum Gasteiger partial charge on any atom is -0.451 e. The third kappa shape index (κ3) is 3.77. The van der Waals surface area contributed by atoms with Crippen LogP contribution in [0, 0.1) is 6.92 Å². The van der Waals surface area contributed by atoms with Crippen molar-refractivity contribution < 1.29 is 14.3 Å². The molecule has 1 amide bonds. The van der Waals surface area contributed by atoms with Gasteiger partial charge in [-0.1, -0.05) is 17.7 Å². The Kier molecular flexibility index (Phi) is 5.37. The molecule has 2 aromatic heterocycles. The molecular formula is C20H20ClN3O3S. The molecule has 1 saturated heterocycles. The van der Waals surface area contributed by atoms with E-state index >= 15 is 0 Å². The molecule has 0 radical (unpaired) electrons. The Hall–Kier alpha value is -2.38. The maximum Gasteiger partial charge on any atom is 0.348 e. The van der Waals surface area contributed by atoms with Crippen LogP contribution >= 0.6 is 22.9 Å². The Morgan fingerprint density at radius 3 is 2.75 bits per heavy atom. The van der Waals surface area contributed by atoms with Crippen molar-refractivity contribution in [3.8, 4) is 5.69 Å². The van der Waals surface area contributed by atoms with Gasteiger partial charge in [0.05, 0.1) is 11.4 Å². The first-order chi connectivity index (χ1) is 13.5. The molecule has 3 heterocycles. The molecule has 0 N–H and O–H groups in total. The van der Waals surface area contributed by atoms with E-state index in [2.05, 4.69) is 5.10 Å². The third-order valence-electron chi connectivity index (χ3n) is 4.83. The maximum absolute atomic E-state index is 12.5. The molecule has 0 bridgehead atoms. The van der Waals surface area contributed by atoms with Crippen LogP contribution in [0.15, 0.2) is 30.3 Å². The fourth-order valence-corrected chi connectivity index (χ4v) is 4.62. The van der Waals surface area contributed by atoms with Gasteiger partial charge in [-0.05, 0) is 50.5 Å². The number of likely N-dealkylation sites (tertiary alicyclic amines) is 1. The molecule has 1 fully saturated rings. The lowest BCUT2D eigenvalue weighted by molar-refractivity contribution is -0.135. The third-order valence-corrected chi connectivity index (χ3v) is 6.16. The second kappa shape index (κ2) is 7.93. The summed E-state index contributed by atoms with van der Waals surface area (Å²) in [5.74, 6) is -0.612.